The highest BCUT2D eigenvalue weighted by molar-refractivity contribution is 5.15. The number of rotatable bonds is 5. The number of hydrogen-bond donors (Lipinski definition) is 1. The van der Waals surface area contributed by atoms with Gasteiger partial charge in [0.25, 0.3) is 0 Å². The number of nitrogens with zero attached hydrogens (tertiary/aromatic N) is 2. The third kappa shape index (κ3) is 5.79. The van der Waals surface area contributed by atoms with E-state index in [2.05, 4.69) is 67.4 Å². The molecule has 3 heteroatoms. The quantitative estimate of drug-likeness (QED) is 0.849. The van der Waals surface area contributed by atoms with E-state index >= 15 is 0 Å². The Bertz CT molecular complexity index is 484. The fourth-order valence-corrected chi connectivity index (χ4v) is 3.23. The van der Waals surface area contributed by atoms with Crippen molar-refractivity contribution in [3.05, 3.63) is 35.9 Å². The number of benzene rings is 1. The highest BCUT2D eigenvalue weighted by Gasteiger charge is 2.27. The van der Waals surface area contributed by atoms with Gasteiger partial charge in [0.1, 0.15) is 0 Å². The van der Waals surface area contributed by atoms with Gasteiger partial charge in [-0.05, 0) is 29.7 Å². The number of nitrogens with one attached hydrogen (secondary N) is 1. The summed E-state index contributed by atoms with van der Waals surface area (Å²) in [7, 11) is 0. The van der Waals surface area contributed by atoms with Gasteiger partial charge in [0.15, 0.2) is 0 Å². The standard InChI is InChI=1S/C19H29N3/c1-19(2,3)15-21-18-12-17(13-22(14-18)10-9-20)11-16-7-5-4-6-8-16/h4-8,17-18,21H,10-15H2,1-3H3. The monoisotopic (exact) mass is 299 g/mol. The van der Waals surface area contributed by atoms with Crippen molar-refractivity contribution in [2.45, 2.75) is 39.7 Å². The van der Waals surface area contributed by atoms with Gasteiger partial charge in [0.05, 0.1) is 12.6 Å². The zero-order valence-corrected chi connectivity index (χ0v) is 14.2. The number of hydrogen-bond acceptors (Lipinski definition) is 3. The molecular weight excluding hydrogens is 270 g/mol. The van der Waals surface area contributed by atoms with Crippen molar-refractivity contribution < 1.29 is 0 Å². The molecule has 1 saturated heterocycles. The third-order valence-electron chi connectivity index (χ3n) is 4.20. The minimum Gasteiger partial charge on any atom is -0.312 e. The van der Waals surface area contributed by atoms with Crippen LogP contribution < -0.4 is 5.32 Å². The molecule has 0 aromatic heterocycles. The van der Waals surface area contributed by atoms with Crippen molar-refractivity contribution in [3.8, 4) is 6.07 Å². The summed E-state index contributed by atoms with van der Waals surface area (Å²) in [6.07, 6.45) is 2.31. The topological polar surface area (TPSA) is 39.1 Å². The van der Waals surface area contributed by atoms with Gasteiger partial charge < -0.3 is 5.32 Å². The van der Waals surface area contributed by atoms with Crippen molar-refractivity contribution in [1.29, 1.82) is 5.26 Å². The fourth-order valence-electron chi connectivity index (χ4n) is 3.23. The molecule has 2 unspecified atom stereocenters. The highest BCUT2D eigenvalue weighted by atomic mass is 15.2. The summed E-state index contributed by atoms with van der Waals surface area (Å²) in [6.45, 7) is 10.4. The number of piperidine rings is 1. The van der Waals surface area contributed by atoms with E-state index in [4.69, 9.17) is 5.26 Å². The minimum atomic E-state index is 0.298. The van der Waals surface area contributed by atoms with Crippen LogP contribution in [0, 0.1) is 22.7 Å². The first kappa shape index (κ1) is 17.0. The summed E-state index contributed by atoms with van der Waals surface area (Å²) in [5.41, 5.74) is 1.70. The zero-order chi connectivity index (χ0) is 16.0. The SMILES string of the molecule is CC(C)(C)CNC1CC(Cc2ccccc2)CN(CC#N)C1. The second kappa shape index (κ2) is 7.76. The molecule has 1 aromatic carbocycles. The molecule has 0 saturated carbocycles. The molecule has 1 aliphatic rings. The highest BCUT2D eigenvalue weighted by Crippen LogP contribution is 2.22. The predicted octanol–water partition coefficient (Wildman–Crippen LogP) is 3.08. The summed E-state index contributed by atoms with van der Waals surface area (Å²) in [5, 5.41) is 12.7. The molecule has 0 aliphatic carbocycles. The normalized spacial score (nSPS) is 23.2. The molecule has 1 N–H and O–H groups in total. The third-order valence-corrected chi connectivity index (χ3v) is 4.20. The maximum Gasteiger partial charge on any atom is 0.0866 e. The van der Waals surface area contributed by atoms with E-state index in [9.17, 15) is 0 Å². The van der Waals surface area contributed by atoms with Crippen molar-refractivity contribution in [2.75, 3.05) is 26.2 Å². The zero-order valence-electron chi connectivity index (χ0n) is 14.2. The van der Waals surface area contributed by atoms with E-state index in [1.807, 2.05) is 0 Å². The van der Waals surface area contributed by atoms with Gasteiger partial charge in [-0.3, -0.25) is 4.90 Å². The van der Waals surface area contributed by atoms with Gasteiger partial charge in [0.2, 0.25) is 0 Å². The lowest BCUT2D eigenvalue weighted by Crippen LogP contribution is -2.51. The average molecular weight is 299 g/mol. The Morgan fingerprint density at radius 3 is 2.59 bits per heavy atom. The molecule has 1 aliphatic heterocycles. The second-order valence-electron chi connectivity index (χ2n) is 7.78. The summed E-state index contributed by atoms with van der Waals surface area (Å²) < 4.78 is 0. The van der Waals surface area contributed by atoms with Gasteiger partial charge >= 0.3 is 0 Å². The first-order chi connectivity index (χ1) is 10.5. The molecule has 0 spiro atoms. The van der Waals surface area contributed by atoms with Crippen molar-refractivity contribution in [1.82, 2.24) is 10.2 Å². The number of nitriles is 1. The van der Waals surface area contributed by atoms with Crippen LogP contribution in [0.3, 0.4) is 0 Å². The molecule has 2 atom stereocenters. The molecule has 1 fully saturated rings. The fraction of sp³-hybridized carbons (Fsp3) is 0.632. The summed E-state index contributed by atoms with van der Waals surface area (Å²) in [6, 6.07) is 13.5. The van der Waals surface area contributed by atoms with Crippen LogP contribution in [0.15, 0.2) is 30.3 Å². The van der Waals surface area contributed by atoms with E-state index in [1.54, 1.807) is 0 Å². The molecule has 0 amide bonds. The maximum absolute atomic E-state index is 9.03. The lowest BCUT2D eigenvalue weighted by atomic mass is 9.88. The van der Waals surface area contributed by atoms with Crippen molar-refractivity contribution >= 4 is 0 Å². The van der Waals surface area contributed by atoms with E-state index in [0.29, 0.717) is 23.9 Å². The van der Waals surface area contributed by atoms with Gasteiger partial charge in [-0.1, -0.05) is 51.1 Å². The second-order valence-corrected chi connectivity index (χ2v) is 7.78. The molecule has 0 radical (unpaired) electrons. The first-order valence-corrected chi connectivity index (χ1v) is 8.33. The molecule has 0 bridgehead atoms. The lowest BCUT2D eigenvalue weighted by molar-refractivity contribution is 0.148. The van der Waals surface area contributed by atoms with Crippen LogP contribution in [0.5, 0.6) is 0 Å². The Morgan fingerprint density at radius 1 is 1.23 bits per heavy atom. The van der Waals surface area contributed by atoms with Gasteiger partial charge in [-0.15, -0.1) is 0 Å². The van der Waals surface area contributed by atoms with E-state index in [-0.39, 0.29) is 0 Å². The molecule has 120 valence electrons. The smallest absolute Gasteiger partial charge is 0.0866 e. The Morgan fingerprint density at radius 2 is 1.95 bits per heavy atom. The summed E-state index contributed by atoms with van der Waals surface area (Å²) in [5.74, 6) is 0.627. The van der Waals surface area contributed by atoms with Gasteiger partial charge in [0, 0.05) is 25.7 Å². The Kier molecular flexibility index (Phi) is 5.99. The molecule has 2 rings (SSSR count). The van der Waals surface area contributed by atoms with Crippen LogP contribution in [0.1, 0.15) is 32.8 Å². The van der Waals surface area contributed by atoms with E-state index < -0.39 is 0 Å². The van der Waals surface area contributed by atoms with Crippen LogP contribution in [-0.2, 0) is 6.42 Å². The molecular formula is C19H29N3. The summed E-state index contributed by atoms with van der Waals surface area (Å²) in [4.78, 5) is 2.30. The Hall–Kier alpha value is -1.37. The van der Waals surface area contributed by atoms with Gasteiger partial charge in [-0.25, -0.2) is 0 Å². The van der Waals surface area contributed by atoms with Gasteiger partial charge in [-0.2, -0.15) is 5.26 Å². The molecule has 1 aromatic rings. The Labute approximate surface area is 135 Å². The first-order valence-electron chi connectivity index (χ1n) is 8.33. The average Bonchev–Trinajstić information content (AvgIpc) is 2.46. The lowest BCUT2D eigenvalue weighted by Gasteiger charge is -2.38. The minimum absolute atomic E-state index is 0.298. The summed E-state index contributed by atoms with van der Waals surface area (Å²) >= 11 is 0. The van der Waals surface area contributed by atoms with E-state index in [0.717, 1.165) is 26.1 Å². The van der Waals surface area contributed by atoms with Crippen LogP contribution in [0.2, 0.25) is 0 Å². The number of likely N-dealkylation sites (tertiary alicyclic amines) is 1. The van der Waals surface area contributed by atoms with Crippen LogP contribution in [0.4, 0.5) is 0 Å². The largest absolute Gasteiger partial charge is 0.312 e. The van der Waals surface area contributed by atoms with Crippen molar-refractivity contribution in [2.24, 2.45) is 11.3 Å². The maximum atomic E-state index is 9.03. The molecule has 22 heavy (non-hydrogen) atoms. The Balaban J connectivity index is 1.95. The predicted molar refractivity (Wildman–Crippen MR) is 91.6 cm³/mol. The van der Waals surface area contributed by atoms with Crippen molar-refractivity contribution in [3.63, 3.8) is 0 Å². The van der Waals surface area contributed by atoms with Crippen LogP contribution >= 0.6 is 0 Å². The van der Waals surface area contributed by atoms with E-state index in [1.165, 1.54) is 12.0 Å². The molecule has 1 heterocycles. The van der Waals surface area contributed by atoms with Crippen LogP contribution in [0.25, 0.3) is 0 Å². The molecule has 3 nitrogen and oxygen atoms in total. The van der Waals surface area contributed by atoms with Crippen LogP contribution in [-0.4, -0.2) is 37.1 Å².